The van der Waals surface area contributed by atoms with Gasteiger partial charge >= 0.3 is 5.97 Å². The van der Waals surface area contributed by atoms with Gasteiger partial charge in [0, 0.05) is 11.6 Å². The normalized spacial score (nSPS) is 10.9. The summed E-state index contributed by atoms with van der Waals surface area (Å²) in [6.45, 7) is 0. The molecule has 6 heteroatoms. The Labute approximate surface area is 111 Å². The molecule has 0 atom stereocenters. The number of carbonyl (C=O) groups is 1. The molecule has 0 amide bonds. The van der Waals surface area contributed by atoms with Crippen molar-refractivity contribution in [3.8, 4) is 0 Å². The van der Waals surface area contributed by atoms with Crippen LogP contribution >= 0.6 is 23.1 Å². The number of H-pyrrole nitrogens is 1. The third-order valence-corrected chi connectivity index (χ3v) is 4.34. The van der Waals surface area contributed by atoms with Gasteiger partial charge in [0.1, 0.15) is 15.6 Å². The minimum atomic E-state index is -0.947. The summed E-state index contributed by atoms with van der Waals surface area (Å²) in [6, 6.07) is 7.50. The lowest BCUT2D eigenvalue weighted by Gasteiger charge is -2.00. The fourth-order valence-corrected chi connectivity index (χ4v) is 3.51. The molecule has 0 radical (unpaired) electrons. The number of aromatic amines is 1. The summed E-state index contributed by atoms with van der Waals surface area (Å²) in [5.41, 5.74) is 0.229. The van der Waals surface area contributed by atoms with Crippen LogP contribution in [0.25, 0.3) is 10.2 Å². The number of carboxylic acid groups (broad SMARTS) is 1. The number of nitrogens with zero attached hydrogens (tertiary/aromatic N) is 1. The zero-order valence-corrected chi connectivity index (χ0v) is 10.7. The van der Waals surface area contributed by atoms with Crippen LogP contribution in [0, 0.1) is 0 Å². The molecule has 0 spiro atoms. The number of hydrogen-bond donors (Lipinski definition) is 2. The lowest BCUT2D eigenvalue weighted by molar-refractivity contribution is 0.0688. The van der Waals surface area contributed by atoms with Crippen LogP contribution in [0.15, 0.2) is 45.8 Å². The van der Waals surface area contributed by atoms with Gasteiger partial charge in [0.05, 0.1) is 4.90 Å². The summed E-state index contributed by atoms with van der Waals surface area (Å²) in [7, 11) is 0. The molecule has 18 heavy (non-hydrogen) atoms. The number of carboxylic acids is 1. The smallest absolute Gasteiger partial charge is 0.353 e. The topological polar surface area (TPSA) is 66.0 Å². The van der Waals surface area contributed by atoms with E-state index in [1.165, 1.54) is 23.1 Å². The zero-order valence-electron chi connectivity index (χ0n) is 9.08. The summed E-state index contributed by atoms with van der Waals surface area (Å²) in [4.78, 5) is 20.0. The first-order chi connectivity index (χ1) is 8.75. The highest BCUT2D eigenvalue weighted by atomic mass is 32.2. The zero-order chi connectivity index (χ0) is 12.5. The van der Waals surface area contributed by atoms with Gasteiger partial charge < -0.3 is 10.1 Å². The fraction of sp³-hybridized carbons (Fsp3) is 0. The van der Waals surface area contributed by atoms with Crippen molar-refractivity contribution in [2.75, 3.05) is 0 Å². The number of pyridine rings is 1. The Hall–Kier alpha value is -1.79. The van der Waals surface area contributed by atoms with E-state index in [0.717, 1.165) is 20.1 Å². The first-order valence-corrected chi connectivity index (χ1v) is 6.86. The van der Waals surface area contributed by atoms with Crippen molar-refractivity contribution >= 4 is 39.3 Å². The number of thiophene rings is 1. The van der Waals surface area contributed by atoms with Crippen LogP contribution < -0.4 is 0 Å². The van der Waals surface area contributed by atoms with Crippen LogP contribution in [0.5, 0.6) is 0 Å². The van der Waals surface area contributed by atoms with E-state index < -0.39 is 5.97 Å². The third-order valence-electron chi connectivity index (χ3n) is 2.43. The molecular weight excluding hydrogens is 268 g/mol. The predicted molar refractivity (Wildman–Crippen MR) is 71.5 cm³/mol. The summed E-state index contributed by atoms with van der Waals surface area (Å²) < 4.78 is 0. The molecule has 0 aliphatic heterocycles. The Morgan fingerprint density at radius 2 is 2.28 bits per heavy atom. The average molecular weight is 276 g/mol. The van der Waals surface area contributed by atoms with Crippen LogP contribution in [0.1, 0.15) is 10.5 Å². The van der Waals surface area contributed by atoms with Gasteiger partial charge in [-0.2, -0.15) is 0 Å². The molecule has 0 fully saturated rings. The maximum atomic E-state index is 11.2. The molecule has 0 unspecified atom stereocenters. The molecule has 3 heterocycles. The van der Waals surface area contributed by atoms with Crippen molar-refractivity contribution in [3.63, 3.8) is 0 Å². The molecule has 0 bridgehead atoms. The van der Waals surface area contributed by atoms with E-state index in [4.69, 9.17) is 0 Å². The molecule has 0 aliphatic rings. The molecule has 3 rings (SSSR count). The van der Waals surface area contributed by atoms with E-state index in [2.05, 4.69) is 9.97 Å². The Kier molecular flexibility index (Phi) is 2.81. The molecule has 2 N–H and O–H groups in total. The van der Waals surface area contributed by atoms with Gasteiger partial charge in [-0.1, -0.05) is 17.8 Å². The van der Waals surface area contributed by atoms with Crippen LogP contribution in [0.2, 0.25) is 0 Å². The molecule has 0 aromatic carbocycles. The second-order valence-electron chi connectivity index (χ2n) is 3.57. The van der Waals surface area contributed by atoms with Crippen molar-refractivity contribution in [1.29, 1.82) is 0 Å². The number of fused-ring (bicyclic) bond motifs is 1. The molecule has 0 aliphatic carbocycles. The van der Waals surface area contributed by atoms with Crippen LogP contribution in [-0.4, -0.2) is 21.0 Å². The Morgan fingerprint density at radius 3 is 3.00 bits per heavy atom. The average Bonchev–Trinajstić information content (AvgIpc) is 2.93. The highest BCUT2D eigenvalue weighted by Crippen LogP contribution is 2.37. The largest absolute Gasteiger partial charge is 0.477 e. The van der Waals surface area contributed by atoms with Gasteiger partial charge in [-0.05, 0) is 23.6 Å². The van der Waals surface area contributed by atoms with E-state index in [1.54, 1.807) is 6.20 Å². The molecule has 3 aromatic heterocycles. The number of rotatable bonds is 3. The van der Waals surface area contributed by atoms with Gasteiger partial charge in [0.15, 0.2) is 0 Å². The summed E-state index contributed by atoms with van der Waals surface area (Å²) in [5, 5.41) is 12.9. The SMILES string of the molecule is O=C(O)c1[nH]c2sccc2c1Sc1ccccn1. The minimum absolute atomic E-state index is 0.229. The molecule has 0 saturated carbocycles. The van der Waals surface area contributed by atoms with E-state index in [-0.39, 0.29) is 5.69 Å². The standard InChI is InChI=1S/C12H8N2O2S2/c15-12(16)9-10(7-4-6-17-11(7)14-9)18-8-3-1-2-5-13-8/h1-6,14H,(H,15,16). The number of hydrogen-bond acceptors (Lipinski definition) is 4. The lowest BCUT2D eigenvalue weighted by atomic mass is 10.3. The summed E-state index contributed by atoms with van der Waals surface area (Å²) in [6.07, 6.45) is 1.69. The predicted octanol–water partition coefficient (Wildman–Crippen LogP) is 3.47. The second kappa shape index (κ2) is 4.47. The number of nitrogens with one attached hydrogen (secondary N) is 1. The lowest BCUT2D eigenvalue weighted by Crippen LogP contribution is -1.98. The fourth-order valence-electron chi connectivity index (χ4n) is 1.66. The monoisotopic (exact) mass is 276 g/mol. The van der Waals surface area contributed by atoms with E-state index >= 15 is 0 Å². The summed E-state index contributed by atoms with van der Waals surface area (Å²) in [5.74, 6) is -0.947. The molecule has 0 saturated heterocycles. The van der Waals surface area contributed by atoms with Gasteiger partial charge in [-0.15, -0.1) is 11.3 Å². The maximum absolute atomic E-state index is 11.2. The van der Waals surface area contributed by atoms with Crippen molar-refractivity contribution in [2.45, 2.75) is 9.92 Å². The Bertz CT molecular complexity index is 703. The van der Waals surface area contributed by atoms with Gasteiger partial charge in [0.25, 0.3) is 0 Å². The minimum Gasteiger partial charge on any atom is -0.477 e. The van der Waals surface area contributed by atoms with Crippen molar-refractivity contribution in [3.05, 3.63) is 41.5 Å². The Balaban J connectivity index is 2.11. The van der Waals surface area contributed by atoms with E-state index in [1.807, 2.05) is 29.6 Å². The van der Waals surface area contributed by atoms with Crippen LogP contribution in [0.4, 0.5) is 0 Å². The first kappa shape index (κ1) is 11.3. The van der Waals surface area contributed by atoms with Crippen molar-refractivity contribution in [2.24, 2.45) is 0 Å². The maximum Gasteiger partial charge on any atom is 0.353 e. The molecule has 4 nitrogen and oxygen atoms in total. The summed E-state index contributed by atoms with van der Waals surface area (Å²) >= 11 is 2.86. The third kappa shape index (κ3) is 1.89. The van der Waals surface area contributed by atoms with Gasteiger partial charge in [-0.3, -0.25) is 0 Å². The van der Waals surface area contributed by atoms with Gasteiger partial charge in [0.2, 0.25) is 0 Å². The van der Waals surface area contributed by atoms with Gasteiger partial charge in [-0.25, -0.2) is 9.78 Å². The van der Waals surface area contributed by atoms with E-state index in [9.17, 15) is 9.90 Å². The molecule has 3 aromatic rings. The number of aromatic carboxylic acids is 1. The highest BCUT2D eigenvalue weighted by molar-refractivity contribution is 7.99. The Morgan fingerprint density at radius 1 is 1.39 bits per heavy atom. The van der Waals surface area contributed by atoms with Crippen molar-refractivity contribution in [1.82, 2.24) is 9.97 Å². The van der Waals surface area contributed by atoms with Crippen LogP contribution in [-0.2, 0) is 0 Å². The quantitative estimate of drug-likeness (QED) is 0.768. The van der Waals surface area contributed by atoms with E-state index in [0.29, 0.717) is 0 Å². The molecule has 90 valence electrons. The number of aromatic nitrogens is 2. The van der Waals surface area contributed by atoms with Crippen molar-refractivity contribution < 1.29 is 9.90 Å². The van der Waals surface area contributed by atoms with Crippen LogP contribution in [0.3, 0.4) is 0 Å². The first-order valence-electron chi connectivity index (χ1n) is 5.17. The molecular formula is C12H8N2O2S2. The second-order valence-corrected chi connectivity index (χ2v) is 5.51. The highest BCUT2D eigenvalue weighted by Gasteiger charge is 2.19.